The molecule has 0 aliphatic rings. The van der Waals surface area contributed by atoms with Gasteiger partial charge in [0, 0.05) is 6.04 Å². The predicted molar refractivity (Wildman–Crippen MR) is 47.3 cm³/mol. The van der Waals surface area contributed by atoms with E-state index >= 15 is 0 Å². The Labute approximate surface area is 71.8 Å². The average Bonchev–Trinajstić information content (AvgIpc) is 2.04. The molecular weight excluding hydrogens is 154 g/mol. The molecule has 3 heteroatoms. The van der Waals surface area contributed by atoms with E-state index in [1.807, 2.05) is 13.0 Å². The lowest BCUT2D eigenvalue weighted by Crippen LogP contribution is -2.04. The third kappa shape index (κ3) is 1.68. The normalized spacial score (nSPS) is 12.6. The van der Waals surface area contributed by atoms with Crippen molar-refractivity contribution in [2.75, 3.05) is 7.11 Å². The van der Waals surface area contributed by atoms with E-state index in [4.69, 9.17) is 10.5 Å². The van der Waals surface area contributed by atoms with E-state index in [1.54, 1.807) is 12.1 Å². The lowest BCUT2D eigenvalue weighted by molar-refractivity contribution is 0.373. The van der Waals surface area contributed by atoms with Crippen LogP contribution in [-0.4, -0.2) is 12.2 Å². The zero-order chi connectivity index (χ0) is 9.14. The highest BCUT2D eigenvalue weighted by Crippen LogP contribution is 2.27. The van der Waals surface area contributed by atoms with E-state index in [-0.39, 0.29) is 11.8 Å². The van der Waals surface area contributed by atoms with Crippen LogP contribution in [0.5, 0.6) is 11.5 Å². The van der Waals surface area contributed by atoms with Crippen LogP contribution in [0.1, 0.15) is 18.5 Å². The van der Waals surface area contributed by atoms with Gasteiger partial charge >= 0.3 is 0 Å². The molecule has 0 amide bonds. The molecule has 0 spiro atoms. The summed E-state index contributed by atoms with van der Waals surface area (Å²) in [6, 6.07) is 5.09. The molecule has 1 aromatic rings. The van der Waals surface area contributed by atoms with E-state index < -0.39 is 0 Å². The van der Waals surface area contributed by atoms with Crippen molar-refractivity contribution < 1.29 is 9.84 Å². The van der Waals surface area contributed by atoms with Crippen LogP contribution >= 0.6 is 0 Å². The molecule has 1 rings (SSSR count). The summed E-state index contributed by atoms with van der Waals surface area (Å²) in [6.07, 6.45) is 0. The third-order valence-electron chi connectivity index (χ3n) is 1.73. The minimum atomic E-state index is -0.0678. The molecule has 0 bridgehead atoms. The number of hydrogen-bond acceptors (Lipinski definition) is 3. The van der Waals surface area contributed by atoms with Gasteiger partial charge in [0.15, 0.2) is 11.5 Å². The molecule has 0 aromatic heterocycles. The van der Waals surface area contributed by atoms with E-state index in [0.29, 0.717) is 5.75 Å². The van der Waals surface area contributed by atoms with Gasteiger partial charge in [0.2, 0.25) is 0 Å². The topological polar surface area (TPSA) is 55.5 Å². The molecule has 3 N–H and O–H groups in total. The summed E-state index contributed by atoms with van der Waals surface area (Å²) < 4.78 is 4.89. The van der Waals surface area contributed by atoms with Gasteiger partial charge in [-0.3, -0.25) is 0 Å². The van der Waals surface area contributed by atoms with Crippen molar-refractivity contribution in [1.82, 2.24) is 0 Å². The maximum Gasteiger partial charge on any atom is 0.160 e. The van der Waals surface area contributed by atoms with Gasteiger partial charge in [-0.15, -0.1) is 0 Å². The molecule has 1 aromatic carbocycles. The summed E-state index contributed by atoms with van der Waals surface area (Å²) >= 11 is 0. The van der Waals surface area contributed by atoms with Crippen LogP contribution in [0.25, 0.3) is 0 Å². The van der Waals surface area contributed by atoms with Crippen molar-refractivity contribution in [2.24, 2.45) is 5.73 Å². The fourth-order valence-corrected chi connectivity index (χ4v) is 0.990. The second kappa shape index (κ2) is 3.45. The SMILES string of the molecule is COc1ccc([C@@H](C)N)cc1O. The number of aromatic hydroxyl groups is 1. The number of nitrogens with two attached hydrogens (primary N) is 1. The Balaban J connectivity index is 3.02. The van der Waals surface area contributed by atoms with Gasteiger partial charge in [-0.05, 0) is 24.6 Å². The molecule has 0 heterocycles. The molecule has 12 heavy (non-hydrogen) atoms. The number of phenols is 1. The second-order valence-corrected chi connectivity index (χ2v) is 2.72. The highest BCUT2D eigenvalue weighted by atomic mass is 16.5. The molecule has 0 fully saturated rings. The quantitative estimate of drug-likeness (QED) is 0.700. The first kappa shape index (κ1) is 8.87. The molecule has 66 valence electrons. The van der Waals surface area contributed by atoms with E-state index in [2.05, 4.69) is 0 Å². The Bertz CT molecular complexity index is 271. The zero-order valence-corrected chi connectivity index (χ0v) is 7.24. The summed E-state index contributed by atoms with van der Waals surface area (Å²) in [7, 11) is 1.51. The van der Waals surface area contributed by atoms with Gasteiger partial charge in [-0.2, -0.15) is 0 Å². The summed E-state index contributed by atoms with van der Waals surface area (Å²) in [5.41, 5.74) is 6.52. The summed E-state index contributed by atoms with van der Waals surface area (Å²) in [6.45, 7) is 1.86. The van der Waals surface area contributed by atoms with Crippen molar-refractivity contribution in [2.45, 2.75) is 13.0 Å². The summed E-state index contributed by atoms with van der Waals surface area (Å²) in [5.74, 6) is 0.603. The van der Waals surface area contributed by atoms with Crippen LogP contribution in [-0.2, 0) is 0 Å². The van der Waals surface area contributed by atoms with Crippen LogP contribution in [0.4, 0.5) is 0 Å². The second-order valence-electron chi connectivity index (χ2n) is 2.72. The van der Waals surface area contributed by atoms with E-state index in [9.17, 15) is 5.11 Å². The molecule has 0 saturated carbocycles. The number of ether oxygens (including phenoxy) is 1. The third-order valence-corrected chi connectivity index (χ3v) is 1.73. The molecule has 0 aliphatic carbocycles. The van der Waals surface area contributed by atoms with Gasteiger partial charge in [-0.1, -0.05) is 6.07 Å². The molecule has 0 radical (unpaired) electrons. The van der Waals surface area contributed by atoms with E-state index in [1.165, 1.54) is 7.11 Å². The first-order chi connectivity index (χ1) is 5.65. The van der Waals surface area contributed by atoms with Crippen LogP contribution in [0.15, 0.2) is 18.2 Å². The molecule has 0 saturated heterocycles. The Kier molecular flexibility index (Phi) is 2.55. The Morgan fingerprint density at radius 3 is 2.58 bits per heavy atom. The smallest absolute Gasteiger partial charge is 0.160 e. The lowest BCUT2D eigenvalue weighted by Gasteiger charge is -2.08. The minimum absolute atomic E-state index is 0.0678. The fourth-order valence-electron chi connectivity index (χ4n) is 0.990. The summed E-state index contributed by atoms with van der Waals surface area (Å²) in [4.78, 5) is 0. The monoisotopic (exact) mass is 167 g/mol. The van der Waals surface area contributed by atoms with Gasteiger partial charge in [0.05, 0.1) is 7.11 Å². The first-order valence-electron chi connectivity index (χ1n) is 3.77. The summed E-state index contributed by atoms with van der Waals surface area (Å²) in [5, 5.41) is 9.36. The maximum absolute atomic E-state index is 9.36. The Morgan fingerprint density at radius 1 is 1.50 bits per heavy atom. The van der Waals surface area contributed by atoms with Crippen LogP contribution < -0.4 is 10.5 Å². The minimum Gasteiger partial charge on any atom is -0.504 e. The highest BCUT2D eigenvalue weighted by Gasteiger charge is 2.04. The highest BCUT2D eigenvalue weighted by molar-refractivity contribution is 5.42. The molecule has 0 unspecified atom stereocenters. The van der Waals surface area contributed by atoms with Crippen molar-refractivity contribution >= 4 is 0 Å². The zero-order valence-electron chi connectivity index (χ0n) is 7.24. The number of hydrogen-bond donors (Lipinski definition) is 2. The average molecular weight is 167 g/mol. The van der Waals surface area contributed by atoms with Crippen molar-refractivity contribution in [1.29, 1.82) is 0 Å². The maximum atomic E-state index is 9.36. The van der Waals surface area contributed by atoms with Crippen LogP contribution in [0, 0.1) is 0 Å². The Hall–Kier alpha value is -1.22. The van der Waals surface area contributed by atoms with Crippen molar-refractivity contribution in [3.8, 4) is 11.5 Å². The number of methoxy groups -OCH3 is 1. The number of rotatable bonds is 2. The van der Waals surface area contributed by atoms with Crippen LogP contribution in [0.2, 0.25) is 0 Å². The van der Waals surface area contributed by atoms with Crippen molar-refractivity contribution in [3.05, 3.63) is 23.8 Å². The van der Waals surface area contributed by atoms with Crippen LogP contribution in [0.3, 0.4) is 0 Å². The van der Waals surface area contributed by atoms with Gasteiger partial charge in [0.25, 0.3) is 0 Å². The Morgan fingerprint density at radius 2 is 2.17 bits per heavy atom. The van der Waals surface area contributed by atoms with Crippen molar-refractivity contribution in [3.63, 3.8) is 0 Å². The fraction of sp³-hybridized carbons (Fsp3) is 0.333. The lowest BCUT2D eigenvalue weighted by atomic mass is 10.1. The standard InChI is InChI=1S/C9H13NO2/c1-6(10)7-3-4-9(12-2)8(11)5-7/h3-6,11H,10H2,1-2H3/t6-/m1/s1. The molecular formula is C9H13NO2. The molecule has 0 aliphatic heterocycles. The first-order valence-corrected chi connectivity index (χ1v) is 3.77. The van der Waals surface area contributed by atoms with Gasteiger partial charge < -0.3 is 15.6 Å². The van der Waals surface area contributed by atoms with Gasteiger partial charge in [-0.25, -0.2) is 0 Å². The van der Waals surface area contributed by atoms with E-state index in [0.717, 1.165) is 5.56 Å². The largest absolute Gasteiger partial charge is 0.504 e. The predicted octanol–water partition coefficient (Wildman–Crippen LogP) is 1.42. The van der Waals surface area contributed by atoms with Gasteiger partial charge in [0.1, 0.15) is 0 Å². The number of benzene rings is 1. The molecule has 3 nitrogen and oxygen atoms in total. The number of phenolic OH excluding ortho intramolecular Hbond substituents is 1. The molecule has 1 atom stereocenters.